The van der Waals surface area contributed by atoms with E-state index in [9.17, 15) is 24.3 Å². The summed E-state index contributed by atoms with van der Waals surface area (Å²) in [6, 6.07) is 16.4. The number of fused-ring (bicyclic) bond motifs is 1. The van der Waals surface area contributed by atoms with Crippen LogP contribution >= 0.6 is 0 Å². The van der Waals surface area contributed by atoms with Gasteiger partial charge in [-0.2, -0.15) is 0 Å². The molecule has 224 valence electrons. The molecule has 6 atom stereocenters. The average Bonchev–Trinajstić information content (AvgIpc) is 3.63. The van der Waals surface area contributed by atoms with Crippen LogP contribution in [-0.4, -0.2) is 75.4 Å². The first-order valence-electron chi connectivity index (χ1n) is 15.3. The van der Waals surface area contributed by atoms with Crippen LogP contribution in [0.1, 0.15) is 62.5 Å². The highest BCUT2D eigenvalue weighted by molar-refractivity contribution is 5.94. The van der Waals surface area contributed by atoms with Crippen molar-refractivity contribution in [2.45, 2.75) is 94.4 Å². The van der Waals surface area contributed by atoms with Gasteiger partial charge in [-0.25, -0.2) is 0 Å². The molecule has 0 aromatic heterocycles. The largest absolute Gasteiger partial charge is 0.481 e. The van der Waals surface area contributed by atoms with Crippen molar-refractivity contribution in [3.05, 3.63) is 71.8 Å². The van der Waals surface area contributed by atoms with E-state index >= 15 is 0 Å². The Morgan fingerprint density at radius 1 is 0.857 bits per heavy atom. The van der Waals surface area contributed by atoms with Gasteiger partial charge in [0, 0.05) is 18.6 Å². The second kappa shape index (κ2) is 13.5. The zero-order valence-electron chi connectivity index (χ0n) is 24.1. The van der Waals surface area contributed by atoms with Gasteiger partial charge in [0.15, 0.2) is 0 Å². The quantitative estimate of drug-likeness (QED) is 0.400. The Balaban J connectivity index is 1.31. The highest BCUT2D eigenvalue weighted by Crippen LogP contribution is 2.41. The zero-order chi connectivity index (χ0) is 29.6. The van der Waals surface area contributed by atoms with Crippen LogP contribution in [0.3, 0.4) is 0 Å². The number of nitrogens with zero attached hydrogens (tertiary/aromatic N) is 2. The van der Waals surface area contributed by atoms with E-state index < -0.39 is 30.1 Å². The molecule has 42 heavy (non-hydrogen) atoms. The number of benzene rings is 2. The minimum absolute atomic E-state index is 0.0114. The highest BCUT2D eigenvalue weighted by Gasteiger charge is 2.51. The first kappa shape index (κ1) is 29.8. The number of carbonyl (C=O) groups excluding carboxylic acids is 3. The number of carboxylic acids is 1. The molecule has 1 saturated carbocycles. The van der Waals surface area contributed by atoms with Crippen LogP contribution in [0.25, 0.3) is 0 Å². The van der Waals surface area contributed by atoms with Crippen molar-refractivity contribution < 1.29 is 24.3 Å². The second-order valence-electron chi connectivity index (χ2n) is 12.1. The number of amides is 3. The number of nitrogens with one attached hydrogen (secondary N) is 1. The van der Waals surface area contributed by atoms with Crippen molar-refractivity contribution in [2.75, 3.05) is 6.54 Å². The van der Waals surface area contributed by atoms with Gasteiger partial charge in [-0.3, -0.25) is 19.2 Å². The molecule has 3 aliphatic rings. The lowest BCUT2D eigenvalue weighted by Crippen LogP contribution is -2.57. The van der Waals surface area contributed by atoms with Gasteiger partial charge in [-0.05, 0) is 62.0 Å². The van der Waals surface area contributed by atoms with Crippen molar-refractivity contribution in [1.29, 1.82) is 0 Å². The summed E-state index contributed by atoms with van der Waals surface area (Å²) >= 11 is 0. The first-order chi connectivity index (χ1) is 20.3. The minimum Gasteiger partial charge on any atom is -0.481 e. The summed E-state index contributed by atoms with van der Waals surface area (Å²) in [5.74, 6) is -1.47. The van der Waals surface area contributed by atoms with E-state index in [0.717, 1.165) is 36.8 Å². The number of nitrogens with two attached hydrogens (primary N) is 1. The predicted octanol–water partition coefficient (Wildman–Crippen LogP) is 2.91. The molecule has 2 saturated heterocycles. The lowest BCUT2D eigenvalue weighted by molar-refractivity contribution is -0.148. The maximum absolute atomic E-state index is 14.2. The molecule has 6 unspecified atom stereocenters. The molecule has 3 fully saturated rings. The van der Waals surface area contributed by atoms with Gasteiger partial charge >= 0.3 is 5.97 Å². The third-order valence-electron chi connectivity index (χ3n) is 9.17. The van der Waals surface area contributed by atoms with Gasteiger partial charge in [0.05, 0.1) is 12.5 Å². The van der Waals surface area contributed by atoms with Gasteiger partial charge < -0.3 is 26.0 Å². The van der Waals surface area contributed by atoms with Gasteiger partial charge in [0.25, 0.3) is 0 Å². The van der Waals surface area contributed by atoms with Crippen LogP contribution in [0.2, 0.25) is 0 Å². The van der Waals surface area contributed by atoms with Gasteiger partial charge in [0.2, 0.25) is 17.7 Å². The summed E-state index contributed by atoms with van der Waals surface area (Å²) in [6.07, 6.45) is 6.27. The molecule has 0 bridgehead atoms. The molecule has 3 amide bonds. The summed E-state index contributed by atoms with van der Waals surface area (Å²) in [7, 11) is 0. The second-order valence-corrected chi connectivity index (χ2v) is 12.1. The van der Waals surface area contributed by atoms with Gasteiger partial charge in [-0.15, -0.1) is 0 Å². The minimum atomic E-state index is -0.995. The number of carbonyl (C=O) groups is 4. The van der Waals surface area contributed by atoms with E-state index in [1.807, 2.05) is 60.7 Å². The Morgan fingerprint density at radius 3 is 2.17 bits per heavy atom. The molecule has 1 aliphatic carbocycles. The van der Waals surface area contributed by atoms with E-state index in [0.29, 0.717) is 38.6 Å². The number of carboxylic acid groups (broad SMARTS) is 1. The standard InChI is InChI=1S/C33H42N4O5/c34-26(19-23-12-5-2-6-13-23)32(41)37-27-15-8-7-14-24(27)20-29(37)33(42)36-17-9-16-28(36)31(40)35-25(21-30(38)39)18-22-10-3-1-4-11-22/h1-6,10-13,24-29H,7-9,14-21,34H2,(H,35,40)(H,38,39). The Hall–Kier alpha value is -3.72. The molecule has 0 spiro atoms. The molecular formula is C33H42N4O5. The van der Waals surface area contributed by atoms with E-state index in [1.54, 1.807) is 9.80 Å². The van der Waals surface area contributed by atoms with Crippen molar-refractivity contribution in [2.24, 2.45) is 11.7 Å². The number of rotatable bonds is 10. The van der Waals surface area contributed by atoms with E-state index in [-0.39, 0.29) is 36.1 Å². The topological polar surface area (TPSA) is 133 Å². The zero-order valence-corrected chi connectivity index (χ0v) is 24.1. The van der Waals surface area contributed by atoms with Gasteiger partial charge in [-0.1, -0.05) is 73.5 Å². The molecular weight excluding hydrogens is 532 g/mol. The Bertz CT molecular complexity index is 1260. The molecule has 4 N–H and O–H groups in total. The van der Waals surface area contributed by atoms with Crippen molar-refractivity contribution in [3.63, 3.8) is 0 Å². The smallest absolute Gasteiger partial charge is 0.305 e. The molecule has 9 heteroatoms. The average molecular weight is 575 g/mol. The molecule has 9 nitrogen and oxygen atoms in total. The van der Waals surface area contributed by atoms with Crippen LogP contribution in [-0.2, 0) is 32.0 Å². The molecule has 2 aliphatic heterocycles. The fourth-order valence-corrected chi connectivity index (χ4v) is 7.22. The lowest BCUT2D eigenvalue weighted by Gasteiger charge is -2.37. The van der Waals surface area contributed by atoms with Crippen molar-refractivity contribution in [3.8, 4) is 0 Å². The van der Waals surface area contributed by atoms with Crippen LogP contribution in [0.15, 0.2) is 60.7 Å². The fourth-order valence-electron chi connectivity index (χ4n) is 7.22. The van der Waals surface area contributed by atoms with Crippen molar-refractivity contribution in [1.82, 2.24) is 15.1 Å². The van der Waals surface area contributed by atoms with E-state index in [2.05, 4.69) is 5.32 Å². The van der Waals surface area contributed by atoms with Gasteiger partial charge in [0.1, 0.15) is 12.1 Å². The maximum atomic E-state index is 14.2. The van der Waals surface area contributed by atoms with Crippen LogP contribution < -0.4 is 11.1 Å². The fraction of sp³-hybridized carbons (Fsp3) is 0.515. The first-order valence-corrected chi connectivity index (χ1v) is 15.3. The highest BCUT2D eigenvalue weighted by atomic mass is 16.4. The number of hydrogen-bond donors (Lipinski definition) is 3. The Kier molecular flexibility index (Phi) is 9.57. The van der Waals surface area contributed by atoms with Crippen LogP contribution in [0.4, 0.5) is 0 Å². The third kappa shape index (κ3) is 6.84. The van der Waals surface area contributed by atoms with E-state index in [1.165, 1.54) is 0 Å². The monoisotopic (exact) mass is 574 g/mol. The molecule has 2 aromatic carbocycles. The summed E-state index contributed by atoms with van der Waals surface area (Å²) in [5, 5.41) is 12.4. The summed E-state index contributed by atoms with van der Waals surface area (Å²) in [6.45, 7) is 0.434. The molecule has 5 rings (SSSR count). The molecule has 2 heterocycles. The Labute approximate surface area is 247 Å². The number of likely N-dealkylation sites (tertiary alicyclic amines) is 2. The summed E-state index contributed by atoms with van der Waals surface area (Å²) < 4.78 is 0. The van der Waals surface area contributed by atoms with Crippen LogP contribution in [0, 0.1) is 5.92 Å². The SMILES string of the molecule is NC(Cc1ccccc1)C(=O)N1C(C(=O)N2CCCC2C(=O)NC(CC(=O)O)Cc2ccccc2)CC2CCCCC21. The molecule has 2 aromatic rings. The maximum Gasteiger partial charge on any atom is 0.305 e. The Morgan fingerprint density at radius 2 is 1.50 bits per heavy atom. The molecule has 0 radical (unpaired) electrons. The summed E-state index contributed by atoms with van der Waals surface area (Å²) in [4.78, 5) is 56.6. The summed E-state index contributed by atoms with van der Waals surface area (Å²) in [5.41, 5.74) is 8.38. The van der Waals surface area contributed by atoms with Crippen LogP contribution in [0.5, 0.6) is 0 Å². The van der Waals surface area contributed by atoms with E-state index in [4.69, 9.17) is 5.73 Å². The number of hydrogen-bond acceptors (Lipinski definition) is 5. The number of aliphatic carboxylic acids is 1. The lowest BCUT2D eigenvalue weighted by atomic mass is 9.84. The predicted molar refractivity (Wildman–Crippen MR) is 158 cm³/mol. The van der Waals surface area contributed by atoms with Crippen molar-refractivity contribution >= 4 is 23.7 Å². The normalized spacial score (nSPS) is 25.0. The third-order valence-corrected chi connectivity index (χ3v) is 9.17.